The fraction of sp³-hybridized carbons (Fsp3) is 0.435. The lowest BCUT2D eigenvalue weighted by Crippen LogP contribution is -2.38. The highest BCUT2D eigenvalue weighted by Crippen LogP contribution is 2.29. The monoisotopic (exact) mass is 367 g/mol. The number of piperidine rings is 1. The van der Waals surface area contributed by atoms with E-state index in [1.807, 2.05) is 19.1 Å². The molecule has 1 heterocycles. The van der Waals surface area contributed by atoms with Gasteiger partial charge in [-0.05, 0) is 30.9 Å². The van der Waals surface area contributed by atoms with Crippen LogP contribution in [0, 0.1) is 0 Å². The van der Waals surface area contributed by atoms with Crippen molar-refractivity contribution in [3.63, 3.8) is 0 Å². The fourth-order valence-corrected chi connectivity index (χ4v) is 3.55. The average molecular weight is 367 g/mol. The number of hydrogen-bond donors (Lipinski definition) is 0. The standard InChI is InChI=1S/C23H29NO3/c1-2-26-22(25)15-18-24-16-13-21(14-17-24)27-23(19-9-5-3-6-10-19)20-11-7-4-8-12-20/h3-12,21,23H,2,13-18H2,1H3. The summed E-state index contributed by atoms with van der Waals surface area (Å²) >= 11 is 0. The minimum absolute atomic E-state index is 0.0384. The maximum Gasteiger partial charge on any atom is 0.307 e. The van der Waals surface area contributed by atoms with E-state index in [1.165, 1.54) is 11.1 Å². The summed E-state index contributed by atoms with van der Waals surface area (Å²) in [7, 11) is 0. The molecule has 1 aliphatic heterocycles. The second-order valence-corrected chi connectivity index (χ2v) is 6.93. The van der Waals surface area contributed by atoms with Gasteiger partial charge < -0.3 is 14.4 Å². The number of likely N-dealkylation sites (tertiary alicyclic amines) is 1. The first kappa shape index (κ1) is 19.6. The zero-order valence-electron chi connectivity index (χ0n) is 16.0. The minimum atomic E-state index is -0.107. The highest BCUT2D eigenvalue weighted by Gasteiger charge is 2.24. The van der Waals surface area contributed by atoms with E-state index in [2.05, 4.69) is 53.4 Å². The largest absolute Gasteiger partial charge is 0.466 e. The third kappa shape index (κ3) is 5.91. The van der Waals surface area contributed by atoms with E-state index in [0.29, 0.717) is 13.0 Å². The first-order valence-corrected chi connectivity index (χ1v) is 9.89. The summed E-state index contributed by atoms with van der Waals surface area (Å²) in [6.07, 6.45) is 2.63. The summed E-state index contributed by atoms with van der Waals surface area (Å²) < 4.78 is 11.6. The lowest BCUT2D eigenvalue weighted by molar-refractivity contribution is -0.143. The van der Waals surface area contributed by atoms with Crippen LogP contribution in [0.15, 0.2) is 60.7 Å². The predicted molar refractivity (Wildman–Crippen MR) is 107 cm³/mol. The molecule has 1 fully saturated rings. The number of ether oxygens (including phenoxy) is 2. The second kappa shape index (κ2) is 10.2. The van der Waals surface area contributed by atoms with Crippen molar-refractivity contribution in [2.24, 2.45) is 0 Å². The van der Waals surface area contributed by atoms with E-state index >= 15 is 0 Å². The van der Waals surface area contributed by atoms with E-state index in [0.717, 1.165) is 32.5 Å². The molecule has 2 aromatic rings. The van der Waals surface area contributed by atoms with E-state index in [9.17, 15) is 4.79 Å². The van der Waals surface area contributed by atoms with Gasteiger partial charge in [-0.1, -0.05) is 60.7 Å². The molecule has 27 heavy (non-hydrogen) atoms. The molecule has 1 saturated heterocycles. The molecule has 0 unspecified atom stereocenters. The summed E-state index contributed by atoms with van der Waals surface area (Å²) in [6, 6.07) is 20.8. The van der Waals surface area contributed by atoms with Crippen LogP contribution in [0.1, 0.15) is 43.4 Å². The maximum absolute atomic E-state index is 11.5. The fourth-order valence-electron chi connectivity index (χ4n) is 3.55. The molecule has 0 spiro atoms. The molecule has 0 atom stereocenters. The van der Waals surface area contributed by atoms with Crippen LogP contribution in [-0.2, 0) is 14.3 Å². The Morgan fingerprint density at radius 2 is 1.56 bits per heavy atom. The van der Waals surface area contributed by atoms with Gasteiger partial charge in [-0.2, -0.15) is 0 Å². The van der Waals surface area contributed by atoms with Gasteiger partial charge in [0.15, 0.2) is 0 Å². The Morgan fingerprint density at radius 3 is 2.07 bits per heavy atom. The van der Waals surface area contributed by atoms with Gasteiger partial charge in [0.25, 0.3) is 0 Å². The molecule has 2 aromatic carbocycles. The molecule has 144 valence electrons. The summed E-state index contributed by atoms with van der Waals surface area (Å²) in [4.78, 5) is 13.9. The van der Waals surface area contributed by atoms with Gasteiger partial charge >= 0.3 is 5.97 Å². The van der Waals surface area contributed by atoms with Crippen LogP contribution in [0.25, 0.3) is 0 Å². The number of nitrogens with zero attached hydrogens (tertiary/aromatic N) is 1. The van der Waals surface area contributed by atoms with Crippen LogP contribution < -0.4 is 0 Å². The van der Waals surface area contributed by atoms with E-state index in [4.69, 9.17) is 9.47 Å². The molecule has 0 amide bonds. The van der Waals surface area contributed by atoms with Crippen molar-refractivity contribution in [3.8, 4) is 0 Å². The normalized spacial score (nSPS) is 15.8. The van der Waals surface area contributed by atoms with Gasteiger partial charge in [0.2, 0.25) is 0 Å². The number of rotatable bonds is 8. The third-order valence-corrected chi connectivity index (χ3v) is 5.01. The summed E-state index contributed by atoms with van der Waals surface area (Å²) in [5.41, 5.74) is 2.38. The minimum Gasteiger partial charge on any atom is -0.466 e. The highest BCUT2D eigenvalue weighted by molar-refractivity contribution is 5.69. The molecule has 0 saturated carbocycles. The third-order valence-electron chi connectivity index (χ3n) is 5.01. The molecule has 0 bridgehead atoms. The Hall–Kier alpha value is -2.17. The summed E-state index contributed by atoms with van der Waals surface area (Å²) in [5, 5.41) is 0. The Kier molecular flexibility index (Phi) is 7.43. The van der Waals surface area contributed by atoms with E-state index in [1.54, 1.807) is 0 Å². The van der Waals surface area contributed by atoms with Gasteiger partial charge in [0, 0.05) is 19.6 Å². The lowest BCUT2D eigenvalue weighted by Gasteiger charge is -2.34. The smallest absolute Gasteiger partial charge is 0.307 e. The number of hydrogen-bond acceptors (Lipinski definition) is 4. The maximum atomic E-state index is 11.5. The van der Waals surface area contributed by atoms with Gasteiger partial charge in [-0.15, -0.1) is 0 Å². The quantitative estimate of drug-likeness (QED) is 0.655. The molecule has 1 aliphatic rings. The predicted octanol–water partition coefficient (Wildman–Crippen LogP) is 4.21. The topological polar surface area (TPSA) is 38.8 Å². The Morgan fingerprint density at radius 1 is 1.00 bits per heavy atom. The van der Waals surface area contributed by atoms with Crippen molar-refractivity contribution >= 4 is 5.97 Å². The van der Waals surface area contributed by atoms with Crippen LogP contribution in [0.5, 0.6) is 0 Å². The first-order chi connectivity index (χ1) is 13.3. The molecule has 4 nitrogen and oxygen atoms in total. The number of benzene rings is 2. The van der Waals surface area contributed by atoms with Crippen LogP contribution in [0.4, 0.5) is 0 Å². The second-order valence-electron chi connectivity index (χ2n) is 6.93. The van der Waals surface area contributed by atoms with Crippen molar-refractivity contribution in [1.29, 1.82) is 0 Å². The summed E-state index contributed by atoms with van der Waals surface area (Å²) in [5.74, 6) is -0.107. The SMILES string of the molecule is CCOC(=O)CCN1CCC(OC(c2ccccc2)c2ccccc2)CC1. The average Bonchev–Trinajstić information content (AvgIpc) is 2.73. The van der Waals surface area contributed by atoms with Crippen molar-refractivity contribution in [3.05, 3.63) is 71.8 Å². The zero-order chi connectivity index (χ0) is 18.9. The molecular formula is C23H29NO3. The van der Waals surface area contributed by atoms with Crippen LogP contribution in [0.2, 0.25) is 0 Å². The molecule has 3 rings (SSSR count). The highest BCUT2D eigenvalue weighted by atomic mass is 16.5. The van der Waals surface area contributed by atoms with Crippen LogP contribution >= 0.6 is 0 Å². The van der Waals surface area contributed by atoms with Crippen molar-refractivity contribution in [2.75, 3.05) is 26.2 Å². The molecule has 0 N–H and O–H groups in total. The number of esters is 1. The molecule has 0 radical (unpaired) electrons. The van der Waals surface area contributed by atoms with Crippen LogP contribution in [0.3, 0.4) is 0 Å². The summed E-state index contributed by atoms with van der Waals surface area (Å²) in [6.45, 7) is 4.98. The van der Waals surface area contributed by atoms with E-state index in [-0.39, 0.29) is 18.2 Å². The Balaban J connectivity index is 1.56. The Labute approximate surface area is 162 Å². The lowest BCUT2D eigenvalue weighted by atomic mass is 10.00. The van der Waals surface area contributed by atoms with Gasteiger partial charge in [0.05, 0.1) is 19.1 Å². The van der Waals surface area contributed by atoms with Crippen molar-refractivity contribution in [1.82, 2.24) is 4.90 Å². The molecule has 4 heteroatoms. The number of carbonyl (C=O) groups excluding carboxylic acids is 1. The first-order valence-electron chi connectivity index (χ1n) is 9.89. The number of carbonyl (C=O) groups is 1. The van der Waals surface area contributed by atoms with E-state index < -0.39 is 0 Å². The zero-order valence-corrected chi connectivity index (χ0v) is 16.0. The molecular weight excluding hydrogens is 338 g/mol. The van der Waals surface area contributed by atoms with Gasteiger partial charge in [-0.25, -0.2) is 0 Å². The molecule has 0 aliphatic carbocycles. The van der Waals surface area contributed by atoms with Gasteiger partial charge in [-0.3, -0.25) is 4.79 Å². The Bertz CT molecular complexity index is 642. The van der Waals surface area contributed by atoms with Crippen LogP contribution in [-0.4, -0.2) is 43.2 Å². The van der Waals surface area contributed by atoms with Gasteiger partial charge in [0.1, 0.15) is 6.10 Å². The van der Waals surface area contributed by atoms with Crippen molar-refractivity contribution in [2.45, 2.75) is 38.4 Å². The molecule has 0 aromatic heterocycles. The van der Waals surface area contributed by atoms with Crippen molar-refractivity contribution < 1.29 is 14.3 Å².